The Labute approximate surface area is 177 Å². The molecule has 5 nitrogen and oxygen atoms in total. The van der Waals surface area contributed by atoms with E-state index in [1.165, 1.54) is 0 Å². The predicted octanol–water partition coefficient (Wildman–Crippen LogP) is 5.06. The van der Waals surface area contributed by atoms with Gasteiger partial charge < -0.3 is 20.1 Å². The van der Waals surface area contributed by atoms with Gasteiger partial charge in [-0.15, -0.1) is 0 Å². The van der Waals surface area contributed by atoms with Gasteiger partial charge in [-0.2, -0.15) is 0 Å². The highest BCUT2D eigenvalue weighted by atomic mass is 16.5. The van der Waals surface area contributed by atoms with Gasteiger partial charge in [0.05, 0.1) is 12.8 Å². The van der Waals surface area contributed by atoms with E-state index in [0.717, 1.165) is 28.1 Å². The lowest BCUT2D eigenvalue weighted by molar-refractivity contribution is -0.134. The smallest absolute Gasteiger partial charge is 0.355 e. The molecule has 5 heteroatoms. The Morgan fingerprint density at radius 3 is 2.50 bits per heavy atom. The van der Waals surface area contributed by atoms with E-state index in [9.17, 15) is 9.90 Å². The summed E-state index contributed by atoms with van der Waals surface area (Å²) in [7, 11) is 1.65. The minimum Gasteiger partial charge on any atom is -0.497 e. The van der Waals surface area contributed by atoms with Crippen molar-refractivity contribution in [3.63, 3.8) is 0 Å². The summed E-state index contributed by atoms with van der Waals surface area (Å²) in [5, 5.41) is 13.1. The van der Waals surface area contributed by atoms with Crippen molar-refractivity contribution in [3.05, 3.63) is 102 Å². The normalized spacial score (nSPS) is 15.2. The Bertz CT molecular complexity index is 1030. The second kappa shape index (κ2) is 9.65. The number of nitrogens with one attached hydrogen (secondary N) is 1. The summed E-state index contributed by atoms with van der Waals surface area (Å²) in [6.07, 6.45) is 9.18. The molecule has 3 rings (SSSR count). The maximum atomic E-state index is 12.0. The van der Waals surface area contributed by atoms with Crippen LogP contribution in [0, 0.1) is 0 Å². The van der Waals surface area contributed by atoms with Gasteiger partial charge in [0.1, 0.15) is 5.75 Å². The Kier molecular flexibility index (Phi) is 6.75. The fourth-order valence-electron chi connectivity index (χ4n) is 3.33. The highest BCUT2D eigenvalue weighted by Gasteiger charge is 2.24. The molecule has 0 spiro atoms. The van der Waals surface area contributed by atoms with E-state index in [4.69, 9.17) is 4.74 Å². The summed E-state index contributed by atoms with van der Waals surface area (Å²) in [4.78, 5) is 13.6. The van der Waals surface area contributed by atoms with E-state index in [2.05, 4.69) is 17.4 Å². The summed E-state index contributed by atoms with van der Waals surface area (Å²) in [6.45, 7) is 4.26. The maximum Gasteiger partial charge on any atom is 0.355 e. The highest BCUT2D eigenvalue weighted by molar-refractivity contribution is 5.88. The molecule has 0 atom stereocenters. The Morgan fingerprint density at radius 1 is 1.10 bits per heavy atom. The van der Waals surface area contributed by atoms with Crippen molar-refractivity contribution in [2.24, 2.45) is 0 Å². The van der Waals surface area contributed by atoms with Crippen LogP contribution in [0.2, 0.25) is 0 Å². The zero-order chi connectivity index (χ0) is 21.5. The topological polar surface area (TPSA) is 61.8 Å². The van der Waals surface area contributed by atoms with Crippen LogP contribution in [0.3, 0.4) is 0 Å². The zero-order valence-electron chi connectivity index (χ0n) is 17.4. The van der Waals surface area contributed by atoms with Crippen LogP contribution in [0.1, 0.15) is 19.4 Å². The van der Waals surface area contributed by atoms with E-state index >= 15 is 0 Å². The molecule has 0 saturated carbocycles. The van der Waals surface area contributed by atoms with Crippen LogP contribution in [0.5, 0.6) is 5.75 Å². The van der Waals surface area contributed by atoms with Crippen LogP contribution in [-0.4, -0.2) is 23.1 Å². The molecule has 1 aliphatic heterocycles. The van der Waals surface area contributed by atoms with Crippen molar-refractivity contribution in [3.8, 4) is 16.9 Å². The molecule has 1 aliphatic rings. The average Bonchev–Trinajstić information content (AvgIpc) is 2.78. The third kappa shape index (κ3) is 4.63. The van der Waals surface area contributed by atoms with Gasteiger partial charge in [-0.1, -0.05) is 42.5 Å². The summed E-state index contributed by atoms with van der Waals surface area (Å²) < 4.78 is 5.22. The van der Waals surface area contributed by atoms with Gasteiger partial charge in [0, 0.05) is 18.4 Å². The van der Waals surface area contributed by atoms with Gasteiger partial charge in [0.2, 0.25) is 0 Å². The molecule has 30 heavy (non-hydrogen) atoms. The molecular formula is C25H26N2O3. The number of carboxylic acid groups (broad SMARTS) is 1. The van der Waals surface area contributed by atoms with Gasteiger partial charge in [0.25, 0.3) is 0 Å². The first kappa shape index (κ1) is 21.0. The molecule has 0 fully saturated rings. The van der Waals surface area contributed by atoms with Crippen LogP contribution in [0.4, 0.5) is 0 Å². The molecule has 2 aromatic carbocycles. The quantitative estimate of drug-likeness (QED) is 0.678. The van der Waals surface area contributed by atoms with Crippen LogP contribution in [0.15, 0.2) is 96.1 Å². The van der Waals surface area contributed by atoms with Gasteiger partial charge in [0.15, 0.2) is 5.70 Å². The van der Waals surface area contributed by atoms with Crippen molar-refractivity contribution in [2.45, 2.75) is 20.4 Å². The molecular weight excluding hydrogens is 376 g/mol. The lowest BCUT2D eigenvalue weighted by Gasteiger charge is -2.28. The number of hydrogen-bond donors (Lipinski definition) is 2. The van der Waals surface area contributed by atoms with E-state index in [-0.39, 0.29) is 5.70 Å². The van der Waals surface area contributed by atoms with Gasteiger partial charge >= 0.3 is 5.97 Å². The lowest BCUT2D eigenvalue weighted by Crippen LogP contribution is -2.29. The molecule has 0 unspecified atom stereocenters. The molecule has 1 heterocycles. The molecule has 2 N–H and O–H groups in total. The van der Waals surface area contributed by atoms with E-state index < -0.39 is 5.97 Å². The highest BCUT2D eigenvalue weighted by Crippen LogP contribution is 2.26. The van der Waals surface area contributed by atoms with E-state index in [1.54, 1.807) is 18.2 Å². The van der Waals surface area contributed by atoms with E-state index in [0.29, 0.717) is 12.2 Å². The second-order valence-electron chi connectivity index (χ2n) is 6.75. The van der Waals surface area contributed by atoms with Crippen LogP contribution in [0.25, 0.3) is 11.1 Å². The lowest BCUT2D eigenvalue weighted by atomic mass is 10.0. The van der Waals surface area contributed by atoms with Gasteiger partial charge in [-0.3, -0.25) is 0 Å². The number of methoxy groups -OCH3 is 1. The van der Waals surface area contributed by atoms with Crippen molar-refractivity contribution in [1.29, 1.82) is 0 Å². The van der Waals surface area contributed by atoms with Crippen LogP contribution in [-0.2, 0) is 11.3 Å². The Morgan fingerprint density at radius 2 is 1.87 bits per heavy atom. The number of benzene rings is 2. The summed E-state index contributed by atoms with van der Waals surface area (Å²) >= 11 is 0. The van der Waals surface area contributed by atoms with E-state index in [1.807, 2.05) is 74.5 Å². The number of carbonyl (C=O) groups is 1. The molecule has 2 aromatic rings. The average molecular weight is 402 g/mol. The molecule has 0 saturated heterocycles. The Balaban J connectivity index is 1.84. The number of allylic oxidation sites excluding steroid dienone is 4. The monoisotopic (exact) mass is 402 g/mol. The van der Waals surface area contributed by atoms with Crippen LogP contribution >= 0.6 is 0 Å². The predicted molar refractivity (Wildman–Crippen MR) is 119 cm³/mol. The number of hydrogen-bond acceptors (Lipinski definition) is 4. The minimum atomic E-state index is -0.980. The summed E-state index contributed by atoms with van der Waals surface area (Å²) in [5.41, 5.74) is 4.84. The van der Waals surface area contributed by atoms with Crippen molar-refractivity contribution in [2.75, 3.05) is 7.11 Å². The first-order valence-corrected chi connectivity index (χ1v) is 9.78. The number of carboxylic acids is 1. The third-order valence-electron chi connectivity index (χ3n) is 4.82. The number of aliphatic carboxylic acids is 1. The molecule has 0 amide bonds. The van der Waals surface area contributed by atoms with Crippen molar-refractivity contribution < 1.29 is 14.6 Å². The fraction of sp³-hybridized carbons (Fsp3) is 0.160. The molecule has 0 radical (unpaired) electrons. The third-order valence-corrected chi connectivity index (χ3v) is 4.82. The minimum absolute atomic E-state index is 0.204. The fourth-order valence-corrected chi connectivity index (χ4v) is 3.33. The Hall–Kier alpha value is -3.73. The van der Waals surface area contributed by atoms with Crippen LogP contribution < -0.4 is 10.1 Å². The molecule has 0 aromatic heterocycles. The second-order valence-corrected chi connectivity index (χ2v) is 6.75. The summed E-state index contributed by atoms with van der Waals surface area (Å²) in [5.74, 6) is -0.161. The van der Waals surface area contributed by atoms with Gasteiger partial charge in [-0.25, -0.2) is 4.79 Å². The SMILES string of the molecule is C/C=C\N1C(C(=O)O)=C(NCc2cccc(-c3ccc(OC)cc3)c2)C=C/C1=C/C. The molecule has 154 valence electrons. The molecule has 0 bridgehead atoms. The summed E-state index contributed by atoms with van der Waals surface area (Å²) in [6, 6.07) is 16.1. The molecule has 0 aliphatic carbocycles. The largest absolute Gasteiger partial charge is 0.497 e. The first-order valence-electron chi connectivity index (χ1n) is 9.78. The standard InChI is InChI=1S/C25H26N2O3/c1-4-15-27-21(5-2)11-14-23(24(27)25(28)29)26-17-18-7-6-8-20(16-18)19-9-12-22(30-3)13-10-19/h4-16,26H,17H2,1-3H3,(H,28,29)/b15-4-,21-5-. The van der Waals surface area contributed by atoms with Crippen molar-refractivity contribution >= 4 is 5.97 Å². The number of ether oxygens (including phenoxy) is 1. The van der Waals surface area contributed by atoms with Crippen molar-refractivity contribution in [1.82, 2.24) is 10.2 Å². The first-order chi connectivity index (χ1) is 14.6. The van der Waals surface area contributed by atoms with Gasteiger partial charge in [-0.05, 0) is 60.9 Å². The number of nitrogens with zero attached hydrogens (tertiary/aromatic N) is 1. The zero-order valence-corrected chi connectivity index (χ0v) is 17.4. The maximum absolute atomic E-state index is 12.0. The number of rotatable bonds is 7.